The molecule has 0 aliphatic heterocycles. The van der Waals surface area contributed by atoms with Gasteiger partial charge in [-0.1, -0.05) is 188 Å². The van der Waals surface area contributed by atoms with Gasteiger partial charge in [-0.05, 0) is 111 Å². The van der Waals surface area contributed by atoms with E-state index < -0.39 is 7.14 Å². The zero-order chi connectivity index (χ0) is 37.2. The van der Waals surface area contributed by atoms with Crippen LogP contribution in [0, 0.1) is 0 Å². The molecule has 0 aliphatic carbocycles. The maximum absolute atomic E-state index is 16.7. The quantitative estimate of drug-likeness (QED) is 0.127. The molecular formula is C54H35OP. The van der Waals surface area contributed by atoms with Crippen LogP contribution in [0.4, 0.5) is 0 Å². The van der Waals surface area contributed by atoms with Crippen LogP contribution < -0.4 is 15.9 Å². The van der Waals surface area contributed by atoms with Crippen LogP contribution in [0.15, 0.2) is 212 Å². The number of hydrogen-bond acceptors (Lipinski definition) is 1. The summed E-state index contributed by atoms with van der Waals surface area (Å²) in [5.41, 5.74) is 4.62. The number of rotatable bonds is 5. The molecule has 0 radical (unpaired) electrons. The van der Waals surface area contributed by atoms with Crippen molar-refractivity contribution in [1.29, 1.82) is 0 Å². The molecule has 262 valence electrons. The van der Waals surface area contributed by atoms with Crippen LogP contribution in [0.3, 0.4) is 0 Å². The maximum atomic E-state index is 16.7. The minimum absolute atomic E-state index is 0.822. The average molecular weight is 731 g/mol. The molecule has 0 amide bonds. The van der Waals surface area contributed by atoms with Gasteiger partial charge in [0.15, 0.2) is 7.14 Å². The topological polar surface area (TPSA) is 17.1 Å². The second kappa shape index (κ2) is 12.9. The number of benzene rings is 11. The molecule has 11 aromatic carbocycles. The summed E-state index contributed by atoms with van der Waals surface area (Å²) in [6.07, 6.45) is 0. The van der Waals surface area contributed by atoms with Crippen LogP contribution in [0.1, 0.15) is 0 Å². The molecule has 0 aromatic heterocycles. The Hall–Kier alpha value is -6.79. The van der Waals surface area contributed by atoms with Crippen LogP contribution in [0.25, 0.3) is 86.9 Å². The van der Waals surface area contributed by atoms with Gasteiger partial charge >= 0.3 is 0 Å². The summed E-state index contributed by atoms with van der Waals surface area (Å²) >= 11 is 0. The molecule has 0 atom stereocenters. The first kappa shape index (κ1) is 32.6. The van der Waals surface area contributed by atoms with E-state index in [9.17, 15) is 0 Å². The fourth-order valence-electron chi connectivity index (χ4n) is 9.19. The van der Waals surface area contributed by atoms with Crippen molar-refractivity contribution in [2.45, 2.75) is 0 Å². The van der Waals surface area contributed by atoms with E-state index >= 15 is 4.57 Å². The van der Waals surface area contributed by atoms with Crippen molar-refractivity contribution in [3.8, 4) is 22.3 Å². The Morgan fingerprint density at radius 3 is 1.00 bits per heavy atom. The van der Waals surface area contributed by atoms with Gasteiger partial charge in [0.05, 0.1) is 0 Å². The zero-order valence-electron chi connectivity index (χ0n) is 30.6. The Morgan fingerprint density at radius 1 is 0.250 bits per heavy atom. The van der Waals surface area contributed by atoms with E-state index in [0.29, 0.717) is 0 Å². The van der Waals surface area contributed by atoms with Crippen LogP contribution in [-0.2, 0) is 4.57 Å². The highest BCUT2D eigenvalue weighted by Crippen LogP contribution is 2.49. The molecule has 2 heteroatoms. The molecule has 0 fully saturated rings. The second-order valence-corrected chi connectivity index (χ2v) is 17.4. The third kappa shape index (κ3) is 4.92. The normalized spacial score (nSPS) is 12.0. The van der Waals surface area contributed by atoms with Crippen LogP contribution in [0.2, 0.25) is 0 Å². The highest BCUT2D eigenvalue weighted by molar-refractivity contribution is 7.86. The van der Waals surface area contributed by atoms with Gasteiger partial charge in [-0.25, -0.2) is 0 Å². The summed E-state index contributed by atoms with van der Waals surface area (Å²) in [4.78, 5) is 0. The summed E-state index contributed by atoms with van der Waals surface area (Å²) in [6.45, 7) is 0. The molecule has 11 rings (SSSR count). The zero-order valence-corrected chi connectivity index (χ0v) is 31.5. The van der Waals surface area contributed by atoms with Gasteiger partial charge < -0.3 is 4.57 Å². The fraction of sp³-hybridized carbons (Fsp3) is 0. The molecular weight excluding hydrogens is 696 g/mol. The molecule has 0 heterocycles. The van der Waals surface area contributed by atoms with Gasteiger partial charge in [-0.2, -0.15) is 0 Å². The van der Waals surface area contributed by atoms with Gasteiger partial charge in [0.2, 0.25) is 0 Å². The molecule has 0 bridgehead atoms. The van der Waals surface area contributed by atoms with Crippen molar-refractivity contribution in [2.75, 3.05) is 0 Å². The molecule has 11 aromatic rings. The first-order valence-corrected chi connectivity index (χ1v) is 20.9. The predicted molar refractivity (Wildman–Crippen MR) is 242 cm³/mol. The summed E-state index contributed by atoms with van der Waals surface area (Å²) in [5.74, 6) is 0. The standard InChI is InChI=1S/C54H35OP/c55-56(38-18-2-1-3-19-38,53-32-30-47(43-24-12-14-28-49(43)53)51-34-36-16-4-6-20-39(36)41-22-8-10-26-45(41)51)54-33-31-48(44-25-13-15-29-50(44)54)52-35-37-17-5-7-21-40(37)42-23-9-11-27-46(42)52/h1-35H. The van der Waals surface area contributed by atoms with Gasteiger partial charge in [0, 0.05) is 15.9 Å². The first-order chi connectivity index (χ1) is 27.7. The Bertz CT molecular complexity index is 3190. The van der Waals surface area contributed by atoms with Gasteiger partial charge in [-0.3, -0.25) is 0 Å². The van der Waals surface area contributed by atoms with Gasteiger partial charge in [0.1, 0.15) is 0 Å². The maximum Gasteiger partial charge on any atom is 0.172 e. The van der Waals surface area contributed by atoms with Crippen molar-refractivity contribution < 1.29 is 4.57 Å². The lowest BCUT2D eigenvalue weighted by Gasteiger charge is -2.25. The third-order valence-corrected chi connectivity index (χ3v) is 14.9. The van der Waals surface area contributed by atoms with E-state index in [2.05, 4.69) is 182 Å². The van der Waals surface area contributed by atoms with Crippen LogP contribution in [-0.4, -0.2) is 0 Å². The number of hydrogen-bond donors (Lipinski definition) is 0. The molecule has 0 spiro atoms. The van der Waals surface area contributed by atoms with Gasteiger partial charge in [0.25, 0.3) is 0 Å². The lowest BCUT2D eigenvalue weighted by atomic mass is 9.91. The van der Waals surface area contributed by atoms with Crippen molar-refractivity contribution in [2.24, 2.45) is 0 Å². The van der Waals surface area contributed by atoms with Crippen molar-refractivity contribution in [3.63, 3.8) is 0 Å². The lowest BCUT2D eigenvalue weighted by molar-refractivity contribution is 0.593. The average Bonchev–Trinajstić information content (AvgIpc) is 3.28. The van der Waals surface area contributed by atoms with Gasteiger partial charge in [-0.15, -0.1) is 0 Å². The highest BCUT2D eigenvalue weighted by atomic mass is 31.2. The van der Waals surface area contributed by atoms with E-state index in [1.165, 1.54) is 54.2 Å². The summed E-state index contributed by atoms with van der Waals surface area (Å²) < 4.78 is 16.7. The Morgan fingerprint density at radius 2 is 0.571 bits per heavy atom. The third-order valence-electron chi connectivity index (χ3n) is 11.7. The van der Waals surface area contributed by atoms with E-state index in [0.717, 1.165) is 48.6 Å². The molecule has 0 saturated carbocycles. The molecule has 0 aliphatic rings. The molecule has 0 N–H and O–H groups in total. The minimum Gasteiger partial charge on any atom is -0.309 e. The minimum atomic E-state index is -3.46. The summed E-state index contributed by atoms with van der Waals surface area (Å²) in [7, 11) is -3.46. The largest absolute Gasteiger partial charge is 0.309 e. The van der Waals surface area contributed by atoms with E-state index in [-0.39, 0.29) is 0 Å². The SMILES string of the molecule is O=P(c1ccccc1)(c1ccc(-c2cc3ccccc3c3ccccc23)c2ccccc12)c1ccc(-c2cc3ccccc3c3ccccc23)c2ccccc12. The van der Waals surface area contributed by atoms with E-state index in [1.807, 2.05) is 30.3 Å². The molecule has 0 unspecified atom stereocenters. The summed E-state index contributed by atoms with van der Waals surface area (Å²) in [5, 5.41) is 16.5. The lowest BCUT2D eigenvalue weighted by Crippen LogP contribution is -2.26. The molecule has 1 nitrogen and oxygen atoms in total. The Labute approximate surface area is 325 Å². The number of fused-ring (bicyclic) bond motifs is 8. The van der Waals surface area contributed by atoms with Crippen LogP contribution in [0.5, 0.6) is 0 Å². The first-order valence-electron chi connectivity index (χ1n) is 19.2. The Kier molecular flexibility index (Phi) is 7.52. The second-order valence-electron chi connectivity index (χ2n) is 14.7. The van der Waals surface area contributed by atoms with E-state index in [4.69, 9.17) is 0 Å². The van der Waals surface area contributed by atoms with Crippen molar-refractivity contribution >= 4 is 87.7 Å². The Balaban J connectivity index is 1.19. The highest BCUT2D eigenvalue weighted by Gasteiger charge is 2.34. The molecule has 56 heavy (non-hydrogen) atoms. The van der Waals surface area contributed by atoms with E-state index in [1.54, 1.807) is 0 Å². The van der Waals surface area contributed by atoms with Crippen molar-refractivity contribution in [3.05, 3.63) is 212 Å². The fourth-order valence-corrected chi connectivity index (χ4v) is 12.2. The summed E-state index contributed by atoms with van der Waals surface area (Å²) in [6, 6.07) is 75.1. The molecule has 0 saturated heterocycles. The van der Waals surface area contributed by atoms with Crippen molar-refractivity contribution in [1.82, 2.24) is 0 Å². The predicted octanol–water partition coefficient (Wildman–Crippen LogP) is 13.6. The van der Waals surface area contributed by atoms with Crippen LogP contribution >= 0.6 is 7.14 Å². The monoisotopic (exact) mass is 730 g/mol. The smallest absolute Gasteiger partial charge is 0.172 e.